The third kappa shape index (κ3) is 3.26. The number of carbonyl (C=O) groups is 2. The molecule has 3 aliphatic rings. The van der Waals surface area contributed by atoms with Gasteiger partial charge in [-0.2, -0.15) is 0 Å². The molecule has 29 heavy (non-hydrogen) atoms. The molecule has 0 spiro atoms. The van der Waals surface area contributed by atoms with Gasteiger partial charge < -0.3 is 4.74 Å². The summed E-state index contributed by atoms with van der Waals surface area (Å²) >= 11 is 0. The molecule has 4 heterocycles. The van der Waals surface area contributed by atoms with Gasteiger partial charge in [0.1, 0.15) is 11.4 Å². The Morgan fingerprint density at radius 2 is 1.86 bits per heavy atom. The van der Waals surface area contributed by atoms with Crippen molar-refractivity contribution in [1.82, 2.24) is 19.3 Å². The summed E-state index contributed by atoms with van der Waals surface area (Å²) in [6.45, 7) is 13.3. The van der Waals surface area contributed by atoms with Crippen LogP contribution < -0.4 is 4.57 Å². The third-order valence-electron chi connectivity index (χ3n) is 6.12. The van der Waals surface area contributed by atoms with Gasteiger partial charge in [-0.25, -0.2) is 13.9 Å². The first-order valence-electron chi connectivity index (χ1n) is 10.4. The Labute approximate surface area is 171 Å². The highest BCUT2D eigenvalue weighted by molar-refractivity contribution is 6.20. The molecule has 1 atom stereocenters. The molecule has 9 heteroatoms. The Bertz CT molecular complexity index is 868. The molecule has 158 valence electrons. The molecule has 1 unspecified atom stereocenters. The Balaban J connectivity index is 1.63. The van der Waals surface area contributed by atoms with E-state index >= 15 is 0 Å². The minimum Gasteiger partial charge on any atom is -0.379 e. The second kappa shape index (κ2) is 7.53. The van der Waals surface area contributed by atoms with Gasteiger partial charge >= 0.3 is 12.0 Å². The first-order valence-corrected chi connectivity index (χ1v) is 10.4. The predicted molar refractivity (Wildman–Crippen MR) is 107 cm³/mol. The highest BCUT2D eigenvalue weighted by Crippen LogP contribution is 2.35. The molecule has 9 nitrogen and oxygen atoms in total. The van der Waals surface area contributed by atoms with Crippen molar-refractivity contribution in [1.29, 1.82) is 0 Å². The lowest BCUT2D eigenvalue weighted by Gasteiger charge is -2.35. The summed E-state index contributed by atoms with van der Waals surface area (Å²) in [6.07, 6.45) is 0. The van der Waals surface area contributed by atoms with E-state index in [1.165, 1.54) is 9.80 Å². The van der Waals surface area contributed by atoms with Crippen LogP contribution in [0.2, 0.25) is 0 Å². The molecule has 0 radical (unpaired) electrons. The van der Waals surface area contributed by atoms with E-state index in [0.717, 1.165) is 37.0 Å². The van der Waals surface area contributed by atoms with Crippen LogP contribution >= 0.6 is 0 Å². The predicted octanol–water partition coefficient (Wildman–Crippen LogP) is 0.859. The van der Waals surface area contributed by atoms with E-state index in [2.05, 4.69) is 30.2 Å². The van der Waals surface area contributed by atoms with Gasteiger partial charge in [0.15, 0.2) is 0 Å². The van der Waals surface area contributed by atoms with Crippen LogP contribution in [0, 0.1) is 19.8 Å². The maximum absolute atomic E-state index is 13.4. The number of nitrogens with zero attached hydrogens (tertiary/aromatic N) is 6. The molecule has 2 fully saturated rings. The van der Waals surface area contributed by atoms with Crippen molar-refractivity contribution < 1.29 is 18.9 Å². The number of hydrogen-bond donors (Lipinski definition) is 0. The SMILES string of the molecule is Cc1c(C)[n+](CC(C)C)c2n1C1C(=O)N(CCN3CCOCC3)C(=O)N(C)C1=N2. The minimum absolute atomic E-state index is 0.186. The number of amidine groups is 1. The summed E-state index contributed by atoms with van der Waals surface area (Å²) in [6, 6.07) is -0.863. The van der Waals surface area contributed by atoms with Gasteiger partial charge in [-0.15, -0.1) is 0 Å². The summed E-state index contributed by atoms with van der Waals surface area (Å²) in [4.78, 5) is 36.2. The number of aromatic nitrogens is 2. The number of imide groups is 1. The van der Waals surface area contributed by atoms with Crippen molar-refractivity contribution in [2.45, 2.75) is 40.3 Å². The number of imidazole rings is 1. The number of morpholine rings is 1. The van der Waals surface area contributed by atoms with Crippen molar-refractivity contribution in [2.75, 3.05) is 46.4 Å². The topological polar surface area (TPSA) is 74.3 Å². The molecule has 0 N–H and O–H groups in total. The first-order chi connectivity index (χ1) is 13.8. The van der Waals surface area contributed by atoms with Crippen LogP contribution in [0.25, 0.3) is 0 Å². The summed E-state index contributed by atoms with van der Waals surface area (Å²) in [7, 11) is 1.71. The Morgan fingerprint density at radius 3 is 2.52 bits per heavy atom. The fourth-order valence-corrected chi connectivity index (χ4v) is 4.36. The number of carbonyl (C=O) groups excluding carboxylic acids is 2. The summed E-state index contributed by atoms with van der Waals surface area (Å²) in [5.41, 5.74) is 2.14. The van der Waals surface area contributed by atoms with Crippen LogP contribution in [0.3, 0.4) is 0 Å². The zero-order chi connectivity index (χ0) is 20.9. The summed E-state index contributed by atoms with van der Waals surface area (Å²) in [5.74, 6) is 1.55. The highest BCUT2D eigenvalue weighted by Gasteiger charge is 2.54. The normalized spacial score (nSPS) is 22.4. The van der Waals surface area contributed by atoms with Crippen LogP contribution in [0.15, 0.2) is 4.99 Å². The highest BCUT2D eigenvalue weighted by atomic mass is 16.5. The van der Waals surface area contributed by atoms with Gasteiger partial charge in [0.2, 0.25) is 11.9 Å². The fraction of sp³-hybridized carbons (Fsp3) is 0.700. The van der Waals surface area contributed by atoms with Crippen molar-refractivity contribution in [2.24, 2.45) is 10.9 Å². The second-order valence-electron chi connectivity index (χ2n) is 8.50. The number of aliphatic imine (C=N–C) groups is 1. The lowest BCUT2D eigenvalue weighted by Crippen LogP contribution is -2.59. The molecule has 0 aromatic carbocycles. The van der Waals surface area contributed by atoms with Crippen LogP contribution in [-0.2, 0) is 16.1 Å². The van der Waals surface area contributed by atoms with E-state index in [-0.39, 0.29) is 11.9 Å². The largest absolute Gasteiger partial charge is 0.402 e. The fourth-order valence-electron chi connectivity index (χ4n) is 4.36. The monoisotopic (exact) mass is 403 g/mol. The number of ether oxygens (including phenoxy) is 1. The molecule has 1 aromatic heterocycles. The lowest BCUT2D eigenvalue weighted by atomic mass is 10.1. The maximum Gasteiger partial charge on any atom is 0.402 e. The van der Waals surface area contributed by atoms with Gasteiger partial charge in [-0.3, -0.25) is 19.5 Å². The molecule has 3 amide bonds. The van der Waals surface area contributed by atoms with Crippen molar-refractivity contribution in [3.05, 3.63) is 11.4 Å². The van der Waals surface area contributed by atoms with Gasteiger partial charge in [0, 0.05) is 33.2 Å². The zero-order valence-electron chi connectivity index (χ0n) is 18.0. The molecular formula is C20H31N6O3+. The van der Waals surface area contributed by atoms with E-state index in [1.807, 2.05) is 11.5 Å². The van der Waals surface area contributed by atoms with Crippen molar-refractivity contribution in [3.8, 4) is 0 Å². The van der Waals surface area contributed by atoms with Crippen molar-refractivity contribution >= 4 is 23.7 Å². The van der Waals surface area contributed by atoms with Gasteiger partial charge in [0.25, 0.3) is 5.91 Å². The van der Waals surface area contributed by atoms with E-state index < -0.39 is 6.04 Å². The zero-order valence-corrected chi connectivity index (χ0v) is 18.0. The average Bonchev–Trinajstić information content (AvgIpc) is 3.19. The average molecular weight is 404 g/mol. The lowest BCUT2D eigenvalue weighted by molar-refractivity contribution is -0.694. The maximum atomic E-state index is 13.4. The molecule has 0 bridgehead atoms. The molecule has 1 aromatic rings. The van der Waals surface area contributed by atoms with E-state index in [4.69, 9.17) is 9.73 Å². The molecule has 0 aliphatic carbocycles. The number of likely N-dealkylation sites (N-methyl/N-ethyl adjacent to an activating group) is 1. The minimum atomic E-state index is -0.565. The van der Waals surface area contributed by atoms with Crippen LogP contribution in [-0.4, -0.2) is 83.5 Å². The van der Waals surface area contributed by atoms with E-state index in [1.54, 1.807) is 7.05 Å². The molecule has 4 rings (SSSR count). The van der Waals surface area contributed by atoms with Gasteiger partial charge in [-0.05, 0) is 19.8 Å². The summed E-state index contributed by atoms with van der Waals surface area (Å²) in [5, 5.41) is 0. The number of amides is 3. The third-order valence-corrected chi connectivity index (χ3v) is 6.12. The Kier molecular flexibility index (Phi) is 5.20. The number of rotatable bonds is 5. The van der Waals surface area contributed by atoms with Crippen molar-refractivity contribution in [3.63, 3.8) is 0 Å². The van der Waals surface area contributed by atoms with Crippen LogP contribution in [0.5, 0.6) is 0 Å². The van der Waals surface area contributed by atoms with Crippen LogP contribution in [0.4, 0.5) is 10.7 Å². The standard InChI is InChI=1S/C20H31N6O3/c1-13(2)12-25-14(3)15(4)26-16-17(21-19(25)26)22(5)20(28)24(18(16)27)7-6-23-8-10-29-11-9-23/h13,16H,6-12H2,1-5H3/q+1. The quantitative estimate of drug-likeness (QED) is 0.684. The van der Waals surface area contributed by atoms with Gasteiger partial charge in [-0.1, -0.05) is 18.8 Å². The second-order valence-corrected chi connectivity index (χ2v) is 8.50. The number of fused-ring (bicyclic) bond motifs is 3. The number of urea groups is 1. The Hall–Kier alpha value is -2.26. The van der Waals surface area contributed by atoms with E-state index in [0.29, 0.717) is 38.1 Å². The molecular weight excluding hydrogens is 372 g/mol. The summed E-state index contributed by atoms with van der Waals surface area (Å²) < 4.78 is 9.54. The number of hydrogen-bond acceptors (Lipinski definition) is 5. The van der Waals surface area contributed by atoms with E-state index in [9.17, 15) is 9.59 Å². The van der Waals surface area contributed by atoms with Gasteiger partial charge in [0.05, 0.1) is 19.8 Å². The Morgan fingerprint density at radius 1 is 1.17 bits per heavy atom. The smallest absolute Gasteiger partial charge is 0.379 e. The van der Waals surface area contributed by atoms with Crippen LogP contribution in [0.1, 0.15) is 31.3 Å². The first kappa shape index (κ1) is 20.0. The molecule has 2 saturated heterocycles. The molecule has 0 saturated carbocycles. The molecule has 3 aliphatic heterocycles.